The van der Waals surface area contributed by atoms with Crippen molar-refractivity contribution >= 4 is 29.0 Å². The van der Waals surface area contributed by atoms with Crippen molar-refractivity contribution in [3.63, 3.8) is 0 Å². The van der Waals surface area contributed by atoms with Crippen molar-refractivity contribution in [2.45, 2.75) is 25.8 Å². The van der Waals surface area contributed by atoms with E-state index >= 15 is 0 Å². The molecule has 1 aromatic carbocycles. The van der Waals surface area contributed by atoms with Crippen molar-refractivity contribution in [1.29, 1.82) is 0 Å². The first-order valence-electron chi connectivity index (χ1n) is 9.61. The molecule has 3 amide bonds. The molecule has 7 nitrogen and oxygen atoms in total. The maximum atomic E-state index is 12.9. The summed E-state index contributed by atoms with van der Waals surface area (Å²) in [6.07, 6.45) is 2.77. The summed E-state index contributed by atoms with van der Waals surface area (Å²) in [7, 11) is 0. The average Bonchev–Trinajstić information content (AvgIpc) is 3.39. The zero-order valence-corrected chi connectivity index (χ0v) is 17.2. The minimum atomic E-state index is -0.357. The Kier molecular flexibility index (Phi) is 5.80. The number of furan rings is 1. The van der Waals surface area contributed by atoms with Crippen LogP contribution in [0.4, 0.5) is 14.9 Å². The van der Waals surface area contributed by atoms with Crippen LogP contribution in [0.2, 0.25) is 0 Å². The van der Waals surface area contributed by atoms with Crippen molar-refractivity contribution in [3.8, 4) is 11.5 Å². The maximum absolute atomic E-state index is 12.9. The van der Waals surface area contributed by atoms with Gasteiger partial charge in [-0.25, -0.2) is 14.2 Å². The van der Waals surface area contributed by atoms with Gasteiger partial charge in [-0.3, -0.25) is 4.79 Å². The average molecular weight is 428 g/mol. The molecule has 0 atom stereocenters. The number of aromatic nitrogens is 1. The van der Waals surface area contributed by atoms with Crippen LogP contribution in [0, 0.1) is 12.7 Å². The van der Waals surface area contributed by atoms with E-state index in [9.17, 15) is 14.0 Å². The molecule has 0 spiro atoms. The lowest BCUT2D eigenvalue weighted by Gasteiger charge is -2.32. The van der Waals surface area contributed by atoms with Gasteiger partial charge in [-0.05, 0) is 50.1 Å². The Morgan fingerprint density at radius 1 is 1.23 bits per heavy atom. The van der Waals surface area contributed by atoms with E-state index in [0.717, 1.165) is 10.7 Å². The van der Waals surface area contributed by atoms with E-state index < -0.39 is 0 Å². The van der Waals surface area contributed by atoms with Gasteiger partial charge in [0, 0.05) is 30.2 Å². The monoisotopic (exact) mass is 428 g/mol. The number of hydrogen-bond acceptors (Lipinski definition) is 5. The molecule has 2 aromatic heterocycles. The quantitative estimate of drug-likeness (QED) is 0.649. The van der Waals surface area contributed by atoms with Crippen LogP contribution in [-0.4, -0.2) is 41.0 Å². The van der Waals surface area contributed by atoms with Gasteiger partial charge in [0.15, 0.2) is 5.76 Å². The standard InChI is InChI=1S/C21H21FN4O3S/c1-13-23-18(12-30-13)19-10-14(11-29-19)20(27)26-8-6-17(7-9-26)25-21(28)24-16-4-2-15(22)3-5-16/h2-5,10-12,17H,6-9H2,1H3,(H2,24,25,28). The number of aryl methyl sites for hydroxylation is 1. The molecular weight excluding hydrogens is 407 g/mol. The lowest BCUT2D eigenvalue weighted by molar-refractivity contribution is 0.0708. The number of halogens is 1. The first-order chi connectivity index (χ1) is 14.5. The second-order valence-electron chi connectivity index (χ2n) is 7.12. The third-order valence-corrected chi connectivity index (χ3v) is 5.71. The number of benzene rings is 1. The molecule has 0 aliphatic carbocycles. The summed E-state index contributed by atoms with van der Waals surface area (Å²) in [5.74, 6) is 0.132. The summed E-state index contributed by atoms with van der Waals surface area (Å²) >= 11 is 1.53. The summed E-state index contributed by atoms with van der Waals surface area (Å²) < 4.78 is 18.5. The topological polar surface area (TPSA) is 87.5 Å². The van der Waals surface area contributed by atoms with E-state index in [0.29, 0.717) is 42.9 Å². The van der Waals surface area contributed by atoms with Gasteiger partial charge in [0.1, 0.15) is 17.8 Å². The number of carbonyl (C=O) groups is 2. The molecular formula is C21H21FN4O3S. The van der Waals surface area contributed by atoms with Crippen LogP contribution in [0.3, 0.4) is 0 Å². The van der Waals surface area contributed by atoms with E-state index in [1.165, 1.54) is 41.9 Å². The van der Waals surface area contributed by atoms with Crippen LogP contribution in [-0.2, 0) is 0 Å². The Bertz CT molecular complexity index is 1040. The number of carbonyl (C=O) groups excluding carboxylic acids is 2. The van der Waals surface area contributed by atoms with Crippen LogP contribution in [0.5, 0.6) is 0 Å². The number of nitrogens with zero attached hydrogens (tertiary/aromatic N) is 2. The summed E-state index contributed by atoms with van der Waals surface area (Å²) in [6, 6.07) is 6.92. The van der Waals surface area contributed by atoms with Crippen molar-refractivity contribution in [2.24, 2.45) is 0 Å². The van der Waals surface area contributed by atoms with Crippen molar-refractivity contribution in [1.82, 2.24) is 15.2 Å². The second-order valence-corrected chi connectivity index (χ2v) is 8.19. The molecule has 30 heavy (non-hydrogen) atoms. The number of likely N-dealkylation sites (tertiary alicyclic amines) is 1. The fourth-order valence-electron chi connectivity index (χ4n) is 3.35. The number of nitrogens with one attached hydrogen (secondary N) is 2. The van der Waals surface area contributed by atoms with Crippen LogP contribution in [0.25, 0.3) is 11.5 Å². The largest absolute Gasteiger partial charge is 0.462 e. The van der Waals surface area contributed by atoms with Crippen LogP contribution in [0.1, 0.15) is 28.2 Å². The number of piperidine rings is 1. The van der Waals surface area contributed by atoms with Crippen molar-refractivity contribution in [2.75, 3.05) is 18.4 Å². The predicted octanol–water partition coefficient (Wildman–Crippen LogP) is 4.28. The molecule has 156 valence electrons. The molecule has 1 fully saturated rings. The molecule has 3 aromatic rings. The number of rotatable bonds is 4. The van der Waals surface area contributed by atoms with E-state index in [4.69, 9.17) is 4.42 Å². The SMILES string of the molecule is Cc1nc(-c2cc(C(=O)N3CCC(NC(=O)Nc4ccc(F)cc4)CC3)co2)cs1. The number of urea groups is 1. The van der Waals surface area contributed by atoms with Gasteiger partial charge < -0.3 is 20.0 Å². The molecule has 1 aliphatic heterocycles. The number of anilines is 1. The Labute approximate surface area is 176 Å². The zero-order chi connectivity index (χ0) is 21.1. The summed E-state index contributed by atoms with van der Waals surface area (Å²) in [6.45, 7) is 2.99. The van der Waals surface area contributed by atoms with Gasteiger partial charge in [0.05, 0.1) is 10.6 Å². The maximum Gasteiger partial charge on any atom is 0.319 e. The highest BCUT2D eigenvalue weighted by atomic mass is 32.1. The van der Waals surface area contributed by atoms with Gasteiger partial charge in [-0.2, -0.15) is 0 Å². The Hall–Kier alpha value is -3.20. The molecule has 0 unspecified atom stereocenters. The fraction of sp³-hybridized carbons (Fsp3) is 0.286. The third kappa shape index (κ3) is 4.68. The Morgan fingerprint density at radius 3 is 2.63 bits per heavy atom. The third-order valence-electron chi connectivity index (χ3n) is 4.94. The highest BCUT2D eigenvalue weighted by Crippen LogP contribution is 2.25. The molecule has 2 N–H and O–H groups in total. The summed E-state index contributed by atoms with van der Waals surface area (Å²) in [5, 5.41) is 8.42. The van der Waals surface area contributed by atoms with Crippen molar-refractivity contribution < 1.29 is 18.4 Å². The van der Waals surface area contributed by atoms with E-state index in [2.05, 4.69) is 15.6 Å². The Balaban J connectivity index is 1.28. The second kappa shape index (κ2) is 8.66. The number of amides is 3. The molecule has 9 heteroatoms. The first-order valence-corrected chi connectivity index (χ1v) is 10.5. The lowest BCUT2D eigenvalue weighted by atomic mass is 10.0. The van der Waals surface area contributed by atoms with Gasteiger partial charge in [-0.1, -0.05) is 0 Å². The van der Waals surface area contributed by atoms with Gasteiger partial charge in [0.25, 0.3) is 5.91 Å². The minimum Gasteiger partial charge on any atom is -0.462 e. The summed E-state index contributed by atoms with van der Waals surface area (Å²) in [4.78, 5) is 31.0. The molecule has 1 saturated heterocycles. The van der Waals surface area contributed by atoms with Gasteiger partial charge in [0.2, 0.25) is 0 Å². The normalized spacial score (nSPS) is 14.5. The van der Waals surface area contributed by atoms with E-state index in [1.54, 1.807) is 11.0 Å². The smallest absolute Gasteiger partial charge is 0.319 e. The fourth-order valence-corrected chi connectivity index (χ4v) is 3.96. The predicted molar refractivity (Wildman–Crippen MR) is 112 cm³/mol. The van der Waals surface area contributed by atoms with E-state index in [-0.39, 0.29) is 23.8 Å². The van der Waals surface area contributed by atoms with Crippen LogP contribution in [0.15, 0.2) is 46.4 Å². The van der Waals surface area contributed by atoms with Crippen LogP contribution >= 0.6 is 11.3 Å². The highest BCUT2D eigenvalue weighted by Gasteiger charge is 2.26. The minimum absolute atomic E-state index is 0.0348. The molecule has 4 rings (SSSR count). The zero-order valence-electron chi connectivity index (χ0n) is 16.4. The highest BCUT2D eigenvalue weighted by molar-refractivity contribution is 7.09. The van der Waals surface area contributed by atoms with Gasteiger partial charge in [-0.15, -0.1) is 11.3 Å². The molecule has 1 aliphatic rings. The lowest BCUT2D eigenvalue weighted by Crippen LogP contribution is -2.47. The molecule has 0 bridgehead atoms. The van der Waals surface area contributed by atoms with E-state index in [1.807, 2.05) is 12.3 Å². The molecule has 3 heterocycles. The summed E-state index contributed by atoms with van der Waals surface area (Å²) in [5.41, 5.74) is 1.75. The number of thiazole rings is 1. The van der Waals surface area contributed by atoms with Crippen molar-refractivity contribution in [3.05, 3.63) is 58.4 Å². The molecule has 0 radical (unpaired) electrons. The Morgan fingerprint density at radius 2 is 1.97 bits per heavy atom. The number of hydrogen-bond donors (Lipinski definition) is 2. The first kappa shape index (κ1) is 20.1. The van der Waals surface area contributed by atoms with Gasteiger partial charge >= 0.3 is 6.03 Å². The molecule has 0 saturated carbocycles. The van der Waals surface area contributed by atoms with Crippen LogP contribution < -0.4 is 10.6 Å².